The zero-order chi connectivity index (χ0) is 12.1. The molecule has 0 atom stereocenters. The monoisotopic (exact) mass is 240 g/mol. The molecule has 5 nitrogen and oxygen atoms in total. The van der Waals surface area contributed by atoms with Gasteiger partial charge in [-0.05, 0) is 13.0 Å². The van der Waals surface area contributed by atoms with Gasteiger partial charge in [0.05, 0.1) is 26.3 Å². The number of carbonyl (C=O) groups excluding carboxylic acids is 1. The maximum Gasteiger partial charge on any atom is 0.234 e. The molecule has 2 rings (SSSR count). The van der Waals surface area contributed by atoms with Crippen LogP contribution in [0.15, 0.2) is 12.7 Å². The van der Waals surface area contributed by atoms with E-state index in [0.29, 0.717) is 32.8 Å². The number of rotatable bonds is 4. The fourth-order valence-corrected chi connectivity index (χ4v) is 2.38. The van der Waals surface area contributed by atoms with Crippen molar-refractivity contribution in [1.29, 1.82) is 0 Å². The van der Waals surface area contributed by atoms with E-state index in [2.05, 4.69) is 16.8 Å². The number of hydrogen-bond acceptors (Lipinski definition) is 4. The van der Waals surface area contributed by atoms with Crippen molar-refractivity contribution in [2.75, 3.05) is 39.4 Å². The molecule has 5 heteroatoms. The Morgan fingerprint density at radius 3 is 2.94 bits per heavy atom. The van der Waals surface area contributed by atoms with Gasteiger partial charge in [-0.2, -0.15) is 0 Å². The zero-order valence-electron chi connectivity index (χ0n) is 10.1. The van der Waals surface area contributed by atoms with Crippen molar-refractivity contribution in [3.63, 3.8) is 0 Å². The molecule has 96 valence electrons. The molecule has 2 fully saturated rings. The van der Waals surface area contributed by atoms with Crippen LogP contribution in [-0.4, -0.2) is 56.0 Å². The van der Waals surface area contributed by atoms with Crippen molar-refractivity contribution in [1.82, 2.24) is 10.2 Å². The van der Waals surface area contributed by atoms with Crippen LogP contribution in [0.2, 0.25) is 0 Å². The fourth-order valence-electron chi connectivity index (χ4n) is 2.38. The summed E-state index contributed by atoms with van der Waals surface area (Å²) >= 11 is 0. The average molecular weight is 240 g/mol. The van der Waals surface area contributed by atoms with Gasteiger partial charge in [0.1, 0.15) is 0 Å². The summed E-state index contributed by atoms with van der Waals surface area (Å²) < 4.78 is 11.3. The van der Waals surface area contributed by atoms with Crippen LogP contribution >= 0.6 is 0 Å². The molecular weight excluding hydrogens is 220 g/mol. The Hall–Kier alpha value is -0.910. The number of carbonyl (C=O) groups is 1. The van der Waals surface area contributed by atoms with Crippen LogP contribution in [0.3, 0.4) is 0 Å². The van der Waals surface area contributed by atoms with Gasteiger partial charge in [-0.25, -0.2) is 0 Å². The van der Waals surface area contributed by atoms with Gasteiger partial charge in [0.15, 0.2) is 5.79 Å². The molecule has 2 aliphatic heterocycles. The third-order valence-electron chi connectivity index (χ3n) is 3.12. The summed E-state index contributed by atoms with van der Waals surface area (Å²) in [6.45, 7) is 7.43. The molecule has 1 amide bonds. The lowest BCUT2D eigenvalue weighted by Gasteiger charge is -2.38. The minimum atomic E-state index is -0.447. The predicted molar refractivity (Wildman–Crippen MR) is 63.5 cm³/mol. The van der Waals surface area contributed by atoms with E-state index in [9.17, 15) is 4.79 Å². The number of amides is 1. The highest BCUT2D eigenvalue weighted by Gasteiger charge is 2.40. The third-order valence-corrected chi connectivity index (χ3v) is 3.12. The average Bonchev–Trinajstić information content (AvgIpc) is 2.74. The third kappa shape index (κ3) is 3.28. The van der Waals surface area contributed by atoms with Crippen molar-refractivity contribution in [3.05, 3.63) is 12.7 Å². The molecule has 0 aromatic heterocycles. The first-order valence-electron chi connectivity index (χ1n) is 6.12. The van der Waals surface area contributed by atoms with Gasteiger partial charge in [-0.15, -0.1) is 6.58 Å². The van der Waals surface area contributed by atoms with Gasteiger partial charge >= 0.3 is 0 Å². The van der Waals surface area contributed by atoms with Crippen LogP contribution in [0.25, 0.3) is 0 Å². The molecule has 0 unspecified atom stereocenters. The first-order valence-corrected chi connectivity index (χ1v) is 6.12. The Bertz CT molecular complexity index is 287. The van der Waals surface area contributed by atoms with Crippen molar-refractivity contribution < 1.29 is 14.3 Å². The highest BCUT2D eigenvalue weighted by molar-refractivity contribution is 5.78. The zero-order valence-corrected chi connectivity index (χ0v) is 10.1. The van der Waals surface area contributed by atoms with E-state index >= 15 is 0 Å². The number of likely N-dealkylation sites (tertiary alicyclic amines) is 1. The van der Waals surface area contributed by atoms with Gasteiger partial charge in [-0.3, -0.25) is 9.69 Å². The van der Waals surface area contributed by atoms with E-state index in [1.165, 1.54) is 0 Å². The number of nitrogens with one attached hydrogen (secondary N) is 1. The number of ether oxygens (including phenoxy) is 2. The van der Waals surface area contributed by atoms with Crippen molar-refractivity contribution >= 4 is 5.91 Å². The molecular formula is C12H20N2O3. The second kappa shape index (κ2) is 5.62. The predicted octanol–water partition coefficient (Wildman–Crippen LogP) is 0.128. The van der Waals surface area contributed by atoms with E-state index in [4.69, 9.17) is 9.47 Å². The lowest BCUT2D eigenvalue weighted by Crippen LogP contribution is -2.51. The Morgan fingerprint density at radius 1 is 1.47 bits per heavy atom. The topological polar surface area (TPSA) is 50.8 Å². The SMILES string of the molecule is C=CCNC(=O)CN1CCCC2(C1)OCCO2. The van der Waals surface area contributed by atoms with Crippen LogP contribution in [0.5, 0.6) is 0 Å². The molecule has 0 aliphatic carbocycles. The molecule has 1 spiro atoms. The maximum atomic E-state index is 11.6. The van der Waals surface area contributed by atoms with Crippen molar-refractivity contribution in [2.45, 2.75) is 18.6 Å². The van der Waals surface area contributed by atoms with E-state index in [0.717, 1.165) is 19.4 Å². The molecule has 1 N–H and O–H groups in total. The molecule has 0 radical (unpaired) electrons. The molecule has 2 heterocycles. The summed E-state index contributed by atoms with van der Waals surface area (Å²) in [4.78, 5) is 13.7. The summed E-state index contributed by atoms with van der Waals surface area (Å²) in [6, 6.07) is 0. The van der Waals surface area contributed by atoms with Gasteiger partial charge in [-0.1, -0.05) is 6.08 Å². The number of piperidine rings is 1. The lowest BCUT2D eigenvalue weighted by atomic mass is 10.0. The van der Waals surface area contributed by atoms with Gasteiger partial charge in [0.25, 0.3) is 0 Å². The Morgan fingerprint density at radius 2 is 2.24 bits per heavy atom. The molecule has 0 aromatic rings. The van der Waals surface area contributed by atoms with Crippen LogP contribution in [0.4, 0.5) is 0 Å². The highest BCUT2D eigenvalue weighted by Crippen LogP contribution is 2.29. The van der Waals surface area contributed by atoms with Gasteiger partial charge in [0.2, 0.25) is 5.91 Å². The summed E-state index contributed by atoms with van der Waals surface area (Å²) in [7, 11) is 0. The van der Waals surface area contributed by atoms with Crippen molar-refractivity contribution in [2.24, 2.45) is 0 Å². The first-order chi connectivity index (χ1) is 8.24. The Balaban J connectivity index is 1.81. The molecule has 0 bridgehead atoms. The molecule has 0 aromatic carbocycles. The second-order valence-corrected chi connectivity index (χ2v) is 4.51. The second-order valence-electron chi connectivity index (χ2n) is 4.51. The van der Waals surface area contributed by atoms with Crippen molar-refractivity contribution in [3.8, 4) is 0 Å². The fraction of sp³-hybridized carbons (Fsp3) is 0.750. The van der Waals surface area contributed by atoms with E-state index in [1.807, 2.05) is 0 Å². The lowest BCUT2D eigenvalue weighted by molar-refractivity contribution is -0.189. The van der Waals surface area contributed by atoms with Gasteiger partial charge < -0.3 is 14.8 Å². The maximum absolute atomic E-state index is 11.6. The quantitative estimate of drug-likeness (QED) is 0.710. The largest absolute Gasteiger partial charge is 0.352 e. The van der Waals surface area contributed by atoms with E-state index in [1.54, 1.807) is 6.08 Å². The van der Waals surface area contributed by atoms with Gasteiger partial charge in [0, 0.05) is 13.0 Å². The van der Waals surface area contributed by atoms with Crippen LogP contribution < -0.4 is 5.32 Å². The normalized spacial score (nSPS) is 23.8. The van der Waals surface area contributed by atoms with E-state index < -0.39 is 5.79 Å². The molecule has 2 saturated heterocycles. The summed E-state index contributed by atoms with van der Waals surface area (Å²) in [5, 5.41) is 2.78. The van der Waals surface area contributed by atoms with Crippen LogP contribution in [-0.2, 0) is 14.3 Å². The number of hydrogen-bond donors (Lipinski definition) is 1. The summed E-state index contributed by atoms with van der Waals surface area (Å²) in [5.74, 6) is -0.420. The Kier molecular flexibility index (Phi) is 4.15. The molecule has 2 aliphatic rings. The smallest absolute Gasteiger partial charge is 0.234 e. The molecule has 17 heavy (non-hydrogen) atoms. The summed E-state index contributed by atoms with van der Waals surface area (Å²) in [5.41, 5.74) is 0. The Labute approximate surface area is 102 Å². The van der Waals surface area contributed by atoms with E-state index in [-0.39, 0.29) is 5.91 Å². The standard InChI is InChI=1S/C12H20N2O3/c1-2-5-13-11(15)9-14-6-3-4-12(10-14)16-7-8-17-12/h2H,1,3-10H2,(H,13,15). The minimum absolute atomic E-state index is 0.0277. The summed E-state index contributed by atoms with van der Waals surface area (Å²) in [6.07, 6.45) is 3.62. The van der Waals surface area contributed by atoms with Crippen LogP contribution in [0.1, 0.15) is 12.8 Å². The first kappa shape index (κ1) is 12.5. The van der Waals surface area contributed by atoms with Crippen LogP contribution in [0, 0.1) is 0 Å². The molecule has 0 saturated carbocycles. The minimum Gasteiger partial charge on any atom is -0.352 e. The number of nitrogens with zero attached hydrogens (tertiary/aromatic N) is 1. The highest BCUT2D eigenvalue weighted by atomic mass is 16.7.